The van der Waals surface area contributed by atoms with Crippen molar-refractivity contribution in [2.75, 3.05) is 51.3 Å². The largest absolute Gasteiger partial charge is 0.493 e. The van der Waals surface area contributed by atoms with Crippen molar-refractivity contribution in [3.8, 4) is 11.5 Å². The fourth-order valence-electron chi connectivity index (χ4n) is 7.86. The quantitative estimate of drug-likeness (QED) is 0.0872. The number of hydrogen-bond donors (Lipinski definition) is 3. The van der Waals surface area contributed by atoms with Crippen molar-refractivity contribution in [2.45, 2.75) is 51.6 Å². The Balaban J connectivity index is 0.000000189. The van der Waals surface area contributed by atoms with Crippen LogP contribution < -0.4 is 25.4 Å². The first-order chi connectivity index (χ1) is 32.5. The average Bonchev–Trinajstić information content (AvgIpc) is 3.37. The summed E-state index contributed by atoms with van der Waals surface area (Å²) in [7, 11) is 0. The second-order valence-electron chi connectivity index (χ2n) is 17.2. The number of carbonyl (C=O) groups excluding carboxylic acids is 2. The van der Waals surface area contributed by atoms with Crippen LogP contribution in [-0.4, -0.2) is 77.9 Å². The van der Waals surface area contributed by atoms with E-state index in [1.165, 1.54) is 24.3 Å². The Bertz CT molecular complexity index is 2360. The number of pyridine rings is 2. The number of carbonyl (C=O) groups is 2. The summed E-state index contributed by atoms with van der Waals surface area (Å²) >= 11 is 3.28. The number of hydrogen-bond acceptors (Lipinski definition) is 8. The third-order valence-electron chi connectivity index (χ3n) is 12.2. The summed E-state index contributed by atoms with van der Waals surface area (Å²) in [4.78, 5) is 37.5. The van der Waals surface area contributed by atoms with E-state index >= 15 is 0 Å². The van der Waals surface area contributed by atoms with E-state index in [-0.39, 0.29) is 29.5 Å². The van der Waals surface area contributed by atoms with Gasteiger partial charge in [0, 0.05) is 35.1 Å². The molecule has 2 atom stereocenters. The first-order valence-corrected chi connectivity index (χ1v) is 24.0. The molecule has 2 aliphatic heterocycles. The predicted molar refractivity (Wildman–Crippen MR) is 263 cm³/mol. The Morgan fingerprint density at radius 3 is 1.45 bits per heavy atom. The average molecular weight is 976 g/mol. The number of amides is 2. The van der Waals surface area contributed by atoms with Gasteiger partial charge in [-0.15, -0.1) is 0 Å². The van der Waals surface area contributed by atoms with Crippen LogP contribution in [0.25, 0.3) is 0 Å². The van der Waals surface area contributed by atoms with E-state index in [1.54, 1.807) is 36.7 Å². The maximum atomic E-state index is 13.5. The number of alkyl halides is 1. The summed E-state index contributed by atoms with van der Waals surface area (Å²) in [6.45, 7) is 9.58. The molecule has 13 heteroatoms. The molecule has 4 aromatic carbocycles. The number of aromatic nitrogens is 2. The van der Waals surface area contributed by atoms with Crippen LogP contribution in [0.1, 0.15) is 74.1 Å². The number of rotatable bonds is 15. The molecule has 2 aromatic heterocycles. The van der Waals surface area contributed by atoms with Crippen molar-refractivity contribution in [1.82, 2.24) is 30.8 Å². The summed E-state index contributed by atoms with van der Waals surface area (Å²) < 4.78 is 37.8. The van der Waals surface area contributed by atoms with Crippen LogP contribution in [0.5, 0.6) is 11.5 Å². The third-order valence-corrected chi connectivity index (χ3v) is 12.5. The lowest BCUT2D eigenvalue weighted by Crippen LogP contribution is -2.48. The van der Waals surface area contributed by atoms with Gasteiger partial charge in [-0.25, -0.2) is 8.78 Å². The van der Waals surface area contributed by atoms with E-state index in [0.29, 0.717) is 6.61 Å². The highest BCUT2D eigenvalue weighted by Gasteiger charge is 2.39. The fraction of sp³-hybridized carbons (Fsp3) is 0.333. The van der Waals surface area contributed by atoms with Crippen LogP contribution in [0.4, 0.5) is 8.78 Å². The molecule has 2 amide bonds. The van der Waals surface area contributed by atoms with Crippen molar-refractivity contribution >= 4 is 27.7 Å². The lowest BCUT2D eigenvalue weighted by molar-refractivity contribution is -0.133. The van der Waals surface area contributed by atoms with E-state index in [2.05, 4.69) is 46.7 Å². The van der Waals surface area contributed by atoms with E-state index in [4.69, 9.17) is 9.47 Å². The van der Waals surface area contributed by atoms with Crippen LogP contribution >= 0.6 is 15.9 Å². The standard InChI is InChI=1S/C27H30FN3O2.C19H22FN3O.C8H9BrO/c1-27(14-17-31(18-15-27)19-20-33-23-7-3-2-4-8-23)26(32)30-25(24-9-5-6-16-29-24)21-10-12-22(28)13-11-21;1-19(9-12-21-13-10-19)18(24)23-17(16-4-2-3-11-22-16)14-5-7-15(20)8-6-14;9-6-7-10-8-4-2-1-3-5-8/h2-13,16,25H,14-15,17-20H2,1H3,(H,30,32);2-8,11,17,21H,9-10,12-13H2,1H3,(H,23,24);1-5H,6-7H2. The number of benzene rings is 4. The molecule has 10 nitrogen and oxygen atoms in total. The molecule has 0 saturated carbocycles. The van der Waals surface area contributed by atoms with Gasteiger partial charge < -0.3 is 25.4 Å². The molecule has 4 heterocycles. The summed E-state index contributed by atoms with van der Waals surface area (Å²) in [5.41, 5.74) is 2.25. The Morgan fingerprint density at radius 1 is 0.612 bits per heavy atom. The Labute approximate surface area is 402 Å². The van der Waals surface area contributed by atoms with Crippen molar-refractivity contribution in [3.05, 3.63) is 192 Å². The number of nitrogens with zero attached hydrogens (tertiary/aromatic N) is 3. The van der Waals surface area contributed by atoms with Gasteiger partial charge in [0.25, 0.3) is 0 Å². The highest BCUT2D eigenvalue weighted by Crippen LogP contribution is 2.34. The molecule has 352 valence electrons. The van der Waals surface area contributed by atoms with Gasteiger partial charge in [0.2, 0.25) is 11.8 Å². The SMILES string of the molecule is BrCCOc1ccccc1.CC1(C(=O)NC(c2ccc(F)cc2)c2ccccn2)CCN(CCOc2ccccc2)CC1.CC1(C(=O)NC(c2ccc(F)cc2)c2ccccn2)CCNCC1. The van der Waals surface area contributed by atoms with Gasteiger partial charge in [0.05, 0.1) is 30.1 Å². The minimum absolute atomic E-state index is 0.00247. The smallest absolute Gasteiger partial charge is 0.226 e. The number of ether oxygens (including phenoxy) is 2. The van der Waals surface area contributed by atoms with Gasteiger partial charge in [0.1, 0.15) is 29.7 Å². The number of halogens is 3. The third kappa shape index (κ3) is 15.5. The topological polar surface area (TPSA) is 118 Å². The van der Waals surface area contributed by atoms with E-state index < -0.39 is 16.9 Å². The van der Waals surface area contributed by atoms with Crippen LogP contribution in [-0.2, 0) is 9.59 Å². The first-order valence-electron chi connectivity index (χ1n) is 22.8. The molecule has 8 rings (SSSR count). The molecule has 2 saturated heterocycles. The van der Waals surface area contributed by atoms with Crippen molar-refractivity contribution in [1.29, 1.82) is 0 Å². The summed E-state index contributed by atoms with van der Waals surface area (Å²) in [5.74, 6) is 1.23. The highest BCUT2D eigenvalue weighted by atomic mass is 79.9. The molecule has 2 fully saturated rings. The molecular weight excluding hydrogens is 915 g/mol. The maximum Gasteiger partial charge on any atom is 0.226 e. The first kappa shape index (κ1) is 50.4. The van der Waals surface area contributed by atoms with Crippen LogP contribution in [0, 0.1) is 22.5 Å². The lowest BCUT2D eigenvalue weighted by atomic mass is 9.79. The zero-order chi connectivity index (χ0) is 47.3. The fourth-order valence-corrected chi connectivity index (χ4v) is 8.02. The molecule has 0 aliphatic carbocycles. The van der Waals surface area contributed by atoms with E-state index in [9.17, 15) is 18.4 Å². The van der Waals surface area contributed by atoms with E-state index in [1.807, 2.05) is 111 Å². The molecule has 2 unspecified atom stereocenters. The van der Waals surface area contributed by atoms with E-state index in [0.717, 1.165) is 104 Å². The Kier molecular flexibility index (Phi) is 19.4. The minimum atomic E-state index is -0.468. The normalized spacial score (nSPS) is 16.0. The zero-order valence-corrected chi connectivity index (χ0v) is 39.8. The minimum Gasteiger partial charge on any atom is -0.493 e. The molecule has 67 heavy (non-hydrogen) atoms. The number of para-hydroxylation sites is 2. The van der Waals surface area contributed by atoms with Gasteiger partial charge in [-0.3, -0.25) is 24.5 Å². The monoisotopic (exact) mass is 974 g/mol. The second kappa shape index (κ2) is 25.8. The summed E-state index contributed by atoms with van der Waals surface area (Å²) in [5, 5.41) is 10.5. The summed E-state index contributed by atoms with van der Waals surface area (Å²) in [6, 6.07) is 42.4. The molecule has 3 N–H and O–H groups in total. The van der Waals surface area contributed by atoms with Crippen molar-refractivity contribution < 1.29 is 27.8 Å². The van der Waals surface area contributed by atoms with Gasteiger partial charge in [0.15, 0.2) is 0 Å². The molecule has 0 radical (unpaired) electrons. The number of nitrogens with one attached hydrogen (secondary N) is 3. The van der Waals surface area contributed by atoms with Gasteiger partial charge in [-0.05, 0) is 136 Å². The Hall–Kier alpha value is -6.02. The number of piperidine rings is 2. The van der Waals surface area contributed by atoms with Gasteiger partial charge >= 0.3 is 0 Å². The molecule has 2 aliphatic rings. The van der Waals surface area contributed by atoms with Crippen LogP contribution in [0.15, 0.2) is 158 Å². The Morgan fingerprint density at radius 2 is 1.03 bits per heavy atom. The zero-order valence-electron chi connectivity index (χ0n) is 38.3. The summed E-state index contributed by atoms with van der Waals surface area (Å²) in [6.07, 6.45) is 6.54. The van der Waals surface area contributed by atoms with Crippen molar-refractivity contribution in [3.63, 3.8) is 0 Å². The van der Waals surface area contributed by atoms with Crippen LogP contribution in [0.3, 0.4) is 0 Å². The predicted octanol–water partition coefficient (Wildman–Crippen LogP) is 9.88. The molecule has 0 bridgehead atoms. The number of likely N-dealkylation sites (tertiary alicyclic amines) is 1. The van der Waals surface area contributed by atoms with Crippen LogP contribution in [0.2, 0.25) is 0 Å². The van der Waals surface area contributed by atoms with Crippen molar-refractivity contribution in [2.24, 2.45) is 10.8 Å². The van der Waals surface area contributed by atoms with Gasteiger partial charge in [-0.1, -0.05) is 103 Å². The molecular formula is C54H61BrF2N6O4. The second-order valence-corrected chi connectivity index (χ2v) is 17.9. The maximum absolute atomic E-state index is 13.5. The highest BCUT2D eigenvalue weighted by molar-refractivity contribution is 9.09. The lowest BCUT2D eigenvalue weighted by Gasteiger charge is -2.39. The molecule has 6 aromatic rings. The van der Waals surface area contributed by atoms with Gasteiger partial charge in [-0.2, -0.15) is 0 Å². The molecule has 0 spiro atoms.